The summed E-state index contributed by atoms with van der Waals surface area (Å²) in [6, 6.07) is 0. The fourth-order valence-corrected chi connectivity index (χ4v) is 1.60. The van der Waals surface area contributed by atoms with Crippen LogP contribution in [-0.4, -0.2) is 31.7 Å². The topological polar surface area (TPSA) is 34.1 Å². The molecule has 14 heteroatoms. The molecule has 120 valence electrons. The van der Waals surface area contributed by atoms with Crippen LogP contribution in [0.4, 0.5) is 47.8 Å². The molecule has 0 bridgehead atoms. The zero-order valence-electron chi connectivity index (χ0n) is 8.46. The van der Waals surface area contributed by atoms with Crippen molar-refractivity contribution in [1.82, 2.24) is 0 Å². The summed E-state index contributed by atoms with van der Waals surface area (Å²) in [4.78, 5) is 0. The van der Waals surface area contributed by atoms with Crippen LogP contribution in [-0.2, 0) is 10.2 Å². The Hall–Kier alpha value is -1.08. The highest BCUT2D eigenvalue weighted by Crippen LogP contribution is 2.54. The Labute approximate surface area is 103 Å². The Morgan fingerprint density at radius 3 is 1.45 bits per heavy atom. The van der Waals surface area contributed by atoms with Crippen LogP contribution in [0.1, 0.15) is 0 Å². The summed E-state index contributed by atoms with van der Waals surface area (Å²) in [5.74, 6) is -18.8. The Balaban J connectivity index is 6.57. The first-order chi connectivity index (χ1) is 8.55. The lowest BCUT2D eigenvalue weighted by atomic mass is 10.1. The summed E-state index contributed by atoms with van der Waals surface area (Å²) in [5, 5.41) is -7.02. The molecule has 0 saturated carbocycles. The average molecular weight is 346 g/mol. The minimum Gasteiger partial charge on any atom is -0.208 e. The van der Waals surface area contributed by atoms with Gasteiger partial charge in [0.1, 0.15) is 0 Å². The summed E-state index contributed by atoms with van der Waals surface area (Å²) < 4.78 is 155. The zero-order valence-corrected chi connectivity index (χ0v) is 9.28. The molecule has 20 heavy (non-hydrogen) atoms. The van der Waals surface area contributed by atoms with E-state index >= 15 is 0 Å². The van der Waals surface area contributed by atoms with Gasteiger partial charge in [-0.25, -0.2) is 17.6 Å². The summed E-state index contributed by atoms with van der Waals surface area (Å²) >= 11 is 0. The van der Waals surface area contributed by atoms with Gasteiger partial charge in [-0.2, -0.15) is 34.8 Å². The molecule has 0 amide bonds. The Morgan fingerprint density at radius 2 is 1.25 bits per heavy atom. The maximum Gasteiger partial charge on any atom is 0.374 e. The Bertz CT molecular complexity index is 505. The number of hydrogen-bond donors (Lipinski definition) is 0. The molecule has 0 aliphatic heterocycles. The molecule has 0 aliphatic rings. The lowest BCUT2D eigenvalue weighted by Crippen LogP contribution is -2.62. The molecule has 0 aliphatic carbocycles. The van der Waals surface area contributed by atoms with E-state index in [1.165, 1.54) is 0 Å². The fourth-order valence-electron chi connectivity index (χ4n) is 0.871. The van der Waals surface area contributed by atoms with Crippen LogP contribution in [0.15, 0.2) is 11.9 Å². The first kappa shape index (κ1) is 18.9. The van der Waals surface area contributed by atoms with Crippen molar-refractivity contribution in [3.8, 4) is 0 Å². The normalized spacial score (nSPS) is 17.0. The second-order valence-corrected chi connectivity index (χ2v) is 4.54. The van der Waals surface area contributed by atoms with E-state index in [-0.39, 0.29) is 0 Å². The Morgan fingerprint density at radius 1 is 0.900 bits per heavy atom. The molecular formula is C6HF11O2S. The van der Waals surface area contributed by atoms with E-state index in [2.05, 4.69) is 0 Å². The highest BCUT2D eigenvalue weighted by atomic mass is 32.3. The molecule has 1 atom stereocenters. The lowest BCUT2D eigenvalue weighted by Gasteiger charge is -2.33. The van der Waals surface area contributed by atoms with Crippen molar-refractivity contribution in [2.75, 3.05) is 0 Å². The molecule has 0 heterocycles. The average Bonchev–Trinajstić information content (AvgIpc) is 2.24. The maximum absolute atomic E-state index is 13.1. The number of alkyl halides is 7. The highest BCUT2D eigenvalue weighted by Gasteiger charge is 2.82. The minimum atomic E-state index is -7.83. The van der Waals surface area contributed by atoms with Gasteiger partial charge in [-0.15, -0.1) is 3.89 Å². The van der Waals surface area contributed by atoms with E-state index in [0.29, 0.717) is 0 Å². The van der Waals surface area contributed by atoms with Crippen molar-refractivity contribution >= 4 is 10.2 Å². The van der Waals surface area contributed by atoms with Gasteiger partial charge < -0.3 is 0 Å². The monoisotopic (exact) mass is 346 g/mol. The molecule has 1 unspecified atom stereocenters. The van der Waals surface area contributed by atoms with E-state index in [1.807, 2.05) is 0 Å². The van der Waals surface area contributed by atoms with Gasteiger partial charge in [0.05, 0.1) is 0 Å². The highest BCUT2D eigenvalue weighted by molar-refractivity contribution is 7.87. The van der Waals surface area contributed by atoms with Crippen molar-refractivity contribution in [2.24, 2.45) is 0 Å². The van der Waals surface area contributed by atoms with Gasteiger partial charge in [-0.3, -0.25) is 0 Å². The van der Waals surface area contributed by atoms with Crippen LogP contribution in [0.25, 0.3) is 0 Å². The van der Waals surface area contributed by atoms with Gasteiger partial charge in [0, 0.05) is 0 Å². The lowest BCUT2D eigenvalue weighted by molar-refractivity contribution is -0.290. The maximum atomic E-state index is 13.1. The molecule has 0 aromatic rings. The fraction of sp³-hybridized carbons (Fsp3) is 0.667. The summed E-state index contributed by atoms with van der Waals surface area (Å²) in [7, 11) is -7.83. The van der Waals surface area contributed by atoms with Crippen molar-refractivity contribution in [3.63, 3.8) is 0 Å². The van der Waals surface area contributed by atoms with Crippen LogP contribution < -0.4 is 0 Å². The second-order valence-electron chi connectivity index (χ2n) is 3.11. The largest absolute Gasteiger partial charge is 0.374 e. The summed E-state index contributed by atoms with van der Waals surface area (Å²) in [6.07, 6.45) is -9.76. The van der Waals surface area contributed by atoms with Crippen molar-refractivity contribution in [3.05, 3.63) is 11.9 Å². The van der Waals surface area contributed by atoms with Gasteiger partial charge in [0.15, 0.2) is 0 Å². The third-order valence-electron chi connectivity index (χ3n) is 1.88. The molecule has 0 fully saturated rings. The Kier molecular flexibility index (Phi) is 4.76. The smallest absolute Gasteiger partial charge is 0.208 e. The molecule has 0 aromatic heterocycles. The van der Waals surface area contributed by atoms with Crippen LogP contribution in [0.3, 0.4) is 0 Å². The van der Waals surface area contributed by atoms with E-state index in [4.69, 9.17) is 0 Å². The molecule has 0 aromatic carbocycles. The number of rotatable bonds is 5. The SMILES string of the molecule is O=S(=O)(F)C(F)(C(F)=C(F)F)C(F)(F)C(F)(F)C(F)F. The predicted molar refractivity (Wildman–Crippen MR) is 40.1 cm³/mol. The number of halogens is 11. The molecule has 2 nitrogen and oxygen atoms in total. The van der Waals surface area contributed by atoms with Crippen molar-refractivity contribution in [1.29, 1.82) is 0 Å². The van der Waals surface area contributed by atoms with Crippen molar-refractivity contribution in [2.45, 2.75) is 23.3 Å². The molecule has 0 radical (unpaired) electrons. The standard InChI is InChI=1S/C6HF11O2S/c7-1(2(8)9)5(14,20(17,18)19)6(15,16)4(12,13)3(10)11/h3H. The van der Waals surface area contributed by atoms with Gasteiger partial charge >= 0.3 is 39.6 Å². The van der Waals surface area contributed by atoms with Gasteiger partial charge in [-0.05, 0) is 0 Å². The molecular weight excluding hydrogens is 345 g/mol. The van der Waals surface area contributed by atoms with E-state index in [1.54, 1.807) is 0 Å². The molecule has 0 saturated heterocycles. The predicted octanol–water partition coefficient (Wildman–Crippen LogP) is 3.56. The second kappa shape index (κ2) is 5.04. The van der Waals surface area contributed by atoms with Crippen molar-refractivity contribution < 1.29 is 56.2 Å². The quantitative estimate of drug-likeness (QED) is 0.564. The molecule has 0 spiro atoms. The van der Waals surface area contributed by atoms with E-state index < -0.39 is 45.4 Å². The van der Waals surface area contributed by atoms with E-state index in [0.717, 1.165) is 0 Å². The number of hydrogen-bond acceptors (Lipinski definition) is 2. The van der Waals surface area contributed by atoms with E-state index in [9.17, 15) is 56.2 Å². The molecule has 0 N–H and O–H groups in total. The minimum absolute atomic E-state index is 4.25. The summed E-state index contributed by atoms with van der Waals surface area (Å²) in [6.45, 7) is 0. The van der Waals surface area contributed by atoms with Gasteiger partial charge in [-0.1, -0.05) is 0 Å². The molecule has 0 rings (SSSR count). The zero-order chi connectivity index (χ0) is 16.7. The van der Waals surface area contributed by atoms with Crippen LogP contribution in [0.5, 0.6) is 0 Å². The third-order valence-corrected chi connectivity index (χ3v) is 2.99. The van der Waals surface area contributed by atoms with Crippen LogP contribution in [0, 0.1) is 0 Å². The van der Waals surface area contributed by atoms with Crippen LogP contribution in [0.2, 0.25) is 0 Å². The van der Waals surface area contributed by atoms with Gasteiger partial charge in [0.25, 0.3) is 0 Å². The van der Waals surface area contributed by atoms with Gasteiger partial charge in [0.2, 0.25) is 5.83 Å². The van der Waals surface area contributed by atoms with Crippen LogP contribution >= 0.6 is 0 Å². The summed E-state index contributed by atoms with van der Waals surface area (Å²) in [5.41, 5.74) is 0. The first-order valence-electron chi connectivity index (χ1n) is 3.93. The first-order valence-corrected chi connectivity index (χ1v) is 5.31. The third kappa shape index (κ3) is 2.44.